The molecule has 4 atom stereocenters. The summed E-state index contributed by atoms with van der Waals surface area (Å²) in [5.74, 6) is 0.720. The number of aromatic nitrogens is 1. The van der Waals surface area contributed by atoms with Gasteiger partial charge in [-0.05, 0) is 107 Å². The number of para-hydroxylation sites is 1. The second-order valence-corrected chi connectivity index (χ2v) is 13.3. The summed E-state index contributed by atoms with van der Waals surface area (Å²) in [5.41, 5.74) is 4.59. The van der Waals surface area contributed by atoms with Crippen molar-refractivity contribution >= 4 is 34.5 Å². The van der Waals surface area contributed by atoms with Crippen LogP contribution in [0.15, 0.2) is 48.5 Å². The lowest BCUT2D eigenvalue weighted by atomic mass is 9.95. The second-order valence-electron chi connectivity index (χ2n) is 12.9. The van der Waals surface area contributed by atoms with Crippen molar-refractivity contribution in [2.24, 2.45) is 0 Å². The van der Waals surface area contributed by atoms with Gasteiger partial charge in [0.25, 0.3) is 5.91 Å². The maximum Gasteiger partial charge on any atom is 0.410 e. The van der Waals surface area contributed by atoms with E-state index in [-0.39, 0.29) is 30.1 Å². The van der Waals surface area contributed by atoms with Crippen molar-refractivity contribution in [3.05, 3.63) is 75.9 Å². The Labute approximate surface area is 241 Å². The summed E-state index contributed by atoms with van der Waals surface area (Å²) in [6.07, 6.45) is 4.26. The molecule has 3 aliphatic rings. The molecule has 6 nitrogen and oxygen atoms in total. The fourth-order valence-corrected chi connectivity index (χ4v) is 7.26. The van der Waals surface area contributed by atoms with Crippen LogP contribution >= 0.6 is 11.6 Å². The number of amides is 2. The Morgan fingerprint density at radius 3 is 2.33 bits per heavy atom. The molecule has 6 rings (SSSR count). The summed E-state index contributed by atoms with van der Waals surface area (Å²) in [7, 11) is 1.88. The second kappa shape index (κ2) is 10.1. The van der Waals surface area contributed by atoms with Gasteiger partial charge >= 0.3 is 6.09 Å². The van der Waals surface area contributed by atoms with E-state index in [9.17, 15) is 9.59 Å². The Hall–Kier alpha value is -3.12. The standard InChI is InChI=1S/C33H38ClN3O3/c1-19-14-26(25-8-6-7-9-30(25)35-19)28-18-27(28)24-13-10-20(15-29(24)34)31(38)36(5)23-16-21-11-12-22(17-23)37(21)32(39)40-33(2,3)4/h6-10,13-15,21-23,27-28H,11-12,16-18H2,1-5H3. The first-order valence-electron chi connectivity index (χ1n) is 14.4. The highest BCUT2D eigenvalue weighted by Crippen LogP contribution is 2.57. The first-order chi connectivity index (χ1) is 19.0. The number of fused-ring (bicyclic) bond motifs is 3. The summed E-state index contributed by atoms with van der Waals surface area (Å²) >= 11 is 6.82. The van der Waals surface area contributed by atoms with E-state index in [1.807, 2.05) is 68.8 Å². The Balaban J connectivity index is 1.14. The van der Waals surface area contributed by atoms with Crippen molar-refractivity contribution < 1.29 is 14.3 Å². The van der Waals surface area contributed by atoms with Gasteiger partial charge in [0.1, 0.15) is 5.60 Å². The Morgan fingerprint density at radius 1 is 0.975 bits per heavy atom. The monoisotopic (exact) mass is 559 g/mol. The van der Waals surface area contributed by atoms with Gasteiger partial charge in [0.05, 0.1) is 5.52 Å². The summed E-state index contributed by atoms with van der Waals surface area (Å²) in [5, 5.41) is 1.86. The van der Waals surface area contributed by atoms with Crippen LogP contribution in [0.2, 0.25) is 5.02 Å². The van der Waals surface area contributed by atoms with Crippen LogP contribution in [0.3, 0.4) is 0 Å². The number of pyridine rings is 1. The minimum Gasteiger partial charge on any atom is -0.444 e. The van der Waals surface area contributed by atoms with Crippen molar-refractivity contribution in [2.75, 3.05) is 7.05 Å². The number of aryl methyl sites for hydroxylation is 1. The fraction of sp³-hybridized carbons (Fsp3) is 0.485. The number of benzene rings is 2. The molecule has 1 saturated carbocycles. The zero-order valence-corrected chi connectivity index (χ0v) is 24.7. The van der Waals surface area contributed by atoms with Crippen LogP contribution in [0.4, 0.5) is 4.79 Å². The third-order valence-corrected chi connectivity index (χ3v) is 9.22. The molecule has 2 amide bonds. The molecular formula is C33H38ClN3O3. The first kappa shape index (κ1) is 27.1. The number of carbonyl (C=O) groups excluding carboxylic acids is 2. The van der Waals surface area contributed by atoms with Crippen molar-refractivity contribution in [1.29, 1.82) is 0 Å². The molecule has 2 saturated heterocycles. The average Bonchev–Trinajstić information content (AvgIpc) is 3.64. The van der Waals surface area contributed by atoms with Gasteiger partial charge in [0, 0.05) is 46.8 Å². The first-order valence-corrected chi connectivity index (χ1v) is 14.8. The van der Waals surface area contributed by atoms with Gasteiger partial charge in [0.15, 0.2) is 0 Å². The number of hydrogen-bond acceptors (Lipinski definition) is 4. The molecule has 0 spiro atoms. The molecule has 2 bridgehead atoms. The predicted octanol–water partition coefficient (Wildman–Crippen LogP) is 7.47. The third-order valence-electron chi connectivity index (χ3n) is 8.89. The van der Waals surface area contributed by atoms with E-state index in [0.29, 0.717) is 22.4 Å². The van der Waals surface area contributed by atoms with E-state index in [4.69, 9.17) is 21.3 Å². The highest BCUT2D eigenvalue weighted by atomic mass is 35.5. The van der Waals surface area contributed by atoms with E-state index in [1.165, 1.54) is 10.9 Å². The summed E-state index contributed by atoms with van der Waals surface area (Å²) in [6, 6.07) is 16.6. The largest absolute Gasteiger partial charge is 0.444 e. The Bertz CT molecular complexity index is 1470. The molecule has 210 valence electrons. The highest BCUT2D eigenvalue weighted by Gasteiger charge is 2.46. The zero-order valence-electron chi connectivity index (χ0n) is 24.0. The van der Waals surface area contributed by atoms with Crippen LogP contribution in [-0.4, -0.2) is 57.6 Å². The Morgan fingerprint density at radius 2 is 1.65 bits per heavy atom. The van der Waals surface area contributed by atoms with Crippen LogP contribution in [0.25, 0.3) is 10.9 Å². The lowest BCUT2D eigenvalue weighted by Gasteiger charge is -2.42. The summed E-state index contributed by atoms with van der Waals surface area (Å²) < 4.78 is 5.67. The van der Waals surface area contributed by atoms with E-state index in [1.54, 1.807) is 0 Å². The molecule has 1 aromatic heterocycles. The number of piperidine rings is 1. The number of nitrogens with zero attached hydrogens (tertiary/aromatic N) is 3. The molecule has 40 heavy (non-hydrogen) atoms. The molecule has 0 N–H and O–H groups in total. The topological polar surface area (TPSA) is 62.7 Å². The molecule has 0 radical (unpaired) electrons. The Kier molecular flexibility index (Phi) is 6.81. The molecular weight excluding hydrogens is 522 g/mol. The van der Waals surface area contributed by atoms with Crippen molar-refractivity contribution in [1.82, 2.24) is 14.8 Å². The van der Waals surface area contributed by atoms with Gasteiger partial charge in [-0.25, -0.2) is 4.79 Å². The maximum atomic E-state index is 13.6. The number of carbonyl (C=O) groups is 2. The normalized spacial score (nSPS) is 25.6. The lowest BCUT2D eigenvalue weighted by Crippen LogP contribution is -2.53. The minimum atomic E-state index is -0.517. The smallest absolute Gasteiger partial charge is 0.410 e. The number of rotatable bonds is 4. The van der Waals surface area contributed by atoms with Crippen molar-refractivity contribution in [2.45, 2.75) is 95.4 Å². The molecule has 3 fully saturated rings. The summed E-state index contributed by atoms with van der Waals surface area (Å²) in [4.78, 5) is 34.9. The van der Waals surface area contributed by atoms with E-state index >= 15 is 0 Å². The average molecular weight is 560 g/mol. The lowest BCUT2D eigenvalue weighted by molar-refractivity contribution is -0.00112. The van der Waals surface area contributed by atoms with Crippen LogP contribution in [-0.2, 0) is 4.74 Å². The highest BCUT2D eigenvalue weighted by molar-refractivity contribution is 6.31. The number of ether oxygens (including phenoxy) is 1. The van der Waals surface area contributed by atoms with E-state index in [2.05, 4.69) is 24.3 Å². The van der Waals surface area contributed by atoms with Crippen LogP contribution in [0, 0.1) is 6.92 Å². The van der Waals surface area contributed by atoms with Crippen LogP contribution < -0.4 is 0 Å². The molecule has 4 unspecified atom stereocenters. The van der Waals surface area contributed by atoms with Gasteiger partial charge in [-0.1, -0.05) is 35.9 Å². The van der Waals surface area contributed by atoms with Gasteiger partial charge in [-0.3, -0.25) is 9.78 Å². The van der Waals surface area contributed by atoms with E-state index in [0.717, 1.165) is 48.9 Å². The predicted molar refractivity (Wildman–Crippen MR) is 158 cm³/mol. The minimum absolute atomic E-state index is 0.0216. The van der Waals surface area contributed by atoms with Gasteiger partial charge in [-0.2, -0.15) is 0 Å². The zero-order chi connectivity index (χ0) is 28.3. The SMILES string of the molecule is Cc1cc(C2CC2c2ccc(C(=O)N(C)C3CC4CCC(C3)N4C(=O)OC(C)(C)C)cc2Cl)c2ccccc2n1. The van der Waals surface area contributed by atoms with Crippen molar-refractivity contribution in [3.63, 3.8) is 0 Å². The van der Waals surface area contributed by atoms with Crippen molar-refractivity contribution in [3.8, 4) is 0 Å². The third kappa shape index (κ3) is 5.07. The van der Waals surface area contributed by atoms with Gasteiger partial charge < -0.3 is 14.5 Å². The van der Waals surface area contributed by atoms with Gasteiger partial charge in [-0.15, -0.1) is 0 Å². The maximum absolute atomic E-state index is 13.6. The number of hydrogen-bond donors (Lipinski definition) is 0. The number of halogens is 1. The molecule has 2 aliphatic heterocycles. The molecule has 1 aliphatic carbocycles. The quantitative estimate of drug-likeness (QED) is 0.332. The van der Waals surface area contributed by atoms with Crippen LogP contribution in [0.5, 0.6) is 0 Å². The fourth-order valence-electron chi connectivity index (χ4n) is 6.94. The van der Waals surface area contributed by atoms with E-state index < -0.39 is 5.60 Å². The summed E-state index contributed by atoms with van der Waals surface area (Å²) in [6.45, 7) is 7.74. The molecule has 2 aromatic carbocycles. The molecule has 3 heterocycles. The molecule has 3 aromatic rings. The van der Waals surface area contributed by atoms with Crippen LogP contribution in [0.1, 0.15) is 91.9 Å². The van der Waals surface area contributed by atoms with Gasteiger partial charge in [0.2, 0.25) is 0 Å². The molecule has 7 heteroatoms.